The van der Waals surface area contributed by atoms with E-state index >= 15 is 0 Å². The van der Waals surface area contributed by atoms with Crippen molar-refractivity contribution in [1.82, 2.24) is 5.32 Å². The van der Waals surface area contributed by atoms with Crippen molar-refractivity contribution in [1.29, 1.82) is 0 Å². The van der Waals surface area contributed by atoms with Crippen LogP contribution in [-0.2, 0) is 9.53 Å². The van der Waals surface area contributed by atoms with Gasteiger partial charge in [-0.25, -0.2) is 9.18 Å². The monoisotopic (exact) mass is 345 g/mol. The van der Waals surface area contributed by atoms with Gasteiger partial charge in [-0.3, -0.25) is 9.59 Å². The third-order valence-electron chi connectivity index (χ3n) is 3.20. The molecule has 7 nitrogen and oxygen atoms in total. The van der Waals surface area contributed by atoms with E-state index in [1.165, 1.54) is 19.2 Å². The van der Waals surface area contributed by atoms with E-state index in [-0.39, 0.29) is 17.2 Å². The lowest BCUT2D eigenvalue weighted by Crippen LogP contribution is -2.22. The molecule has 0 aliphatic rings. The zero-order valence-corrected chi connectivity index (χ0v) is 13.3. The van der Waals surface area contributed by atoms with Crippen LogP contribution in [0.25, 0.3) is 0 Å². The number of benzene rings is 2. The number of rotatable bonds is 5. The minimum Gasteiger partial charge on any atom is -0.452 e. The standard InChI is InChI=1S/C17H16FN3O4/c1-20-16(23)10-3-2-4-12(7-10)21-15(22)9-25-17(24)13-6-5-11(18)8-14(13)19/h2-8H,9,19H2,1H3,(H,20,23)(H,21,22). The number of esters is 1. The molecule has 0 unspecified atom stereocenters. The van der Waals surface area contributed by atoms with Gasteiger partial charge in [-0.2, -0.15) is 0 Å². The predicted octanol–water partition coefficient (Wildman–Crippen LogP) is 1.56. The van der Waals surface area contributed by atoms with Gasteiger partial charge in [-0.05, 0) is 36.4 Å². The van der Waals surface area contributed by atoms with Gasteiger partial charge in [0.25, 0.3) is 11.8 Å². The highest BCUT2D eigenvalue weighted by atomic mass is 19.1. The molecule has 25 heavy (non-hydrogen) atoms. The summed E-state index contributed by atoms with van der Waals surface area (Å²) in [4.78, 5) is 35.3. The zero-order chi connectivity index (χ0) is 18.4. The molecule has 0 bridgehead atoms. The lowest BCUT2D eigenvalue weighted by Gasteiger charge is -2.09. The molecule has 8 heteroatoms. The smallest absolute Gasteiger partial charge is 0.340 e. The van der Waals surface area contributed by atoms with E-state index in [1.807, 2.05) is 0 Å². The Balaban J connectivity index is 1.94. The quantitative estimate of drug-likeness (QED) is 0.563. The Morgan fingerprint density at radius 1 is 1.16 bits per heavy atom. The van der Waals surface area contributed by atoms with Crippen molar-refractivity contribution in [3.05, 3.63) is 59.4 Å². The molecule has 0 fully saturated rings. The highest BCUT2D eigenvalue weighted by Gasteiger charge is 2.14. The van der Waals surface area contributed by atoms with Gasteiger partial charge in [0.2, 0.25) is 0 Å². The number of ether oxygens (including phenoxy) is 1. The van der Waals surface area contributed by atoms with E-state index in [0.29, 0.717) is 11.3 Å². The first-order chi connectivity index (χ1) is 11.9. The Kier molecular flexibility index (Phi) is 5.67. The number of nitrogens with one attached hydrogen (secondary N) is 2. The molecule has 0 radical (unpaired) electrons. The molecule has 4 N–H and O–H groups in total. The molecular weight excluding hydrogens is 329 g/mol. The van der Waals surface area contributed by atoms with Crippen molar-refractivity contribution in [2.45, 2.75) is 0 Å². The van der Waals surface area contributed by atoms with Crippen LogP contribution in [-0.4, -0.2) is 31.4 Å². The fourth-order valence-corrected chi connectivity index (χ4v) is 2.01. The molecule has 0 heterocycles. The summed E-state index contributed by atoms with van der Waals surface area (Å²) >= 11 is 0. The Labute approximate surface area is 143 Å². The molecule has 2 rings (SSSR count). The number of nitrogen functional groups attached to an aromatic ring is 1. The van der Waals surface area contributed by atoms with Crippen LogP contribution >= 0.6 is 0 Å². The number of nitrogens with two attached hydrogens (primary N) is 1. The van der Waals surface area contributed by atoms with Gasteiger partial charge >= 0.3 is 5.97 Å². The van der Waals surface area contributed by atoms with Crippen LogP contribution < -0.4 is 16.4 Å². The molecule has 0 aliphatic carbocycles. The molecule has 0 atom stereocenters. The SMILES string of the molecule is CNC(=O)c1cccc(NC(=O)COC(=O)c2ccc(F)cc2N)c1. The molecule has 2 aromatic rings. The van der Waals surface area contributed by atoms with Gasteiger partial charge in [0.15, 0.2) is 6.61 Å². The average molecular weight is 345 g/mol. The highest BCUT2D eigenvalue weighted by molar-refractivity contribution is 5.99. The van der Waals surface area contributed by atoms with Gasteiger partial charge < -0.3 is 21.1 Å². The molecule has 130 valence electrons. The summed E-state index contributed by atoms with van der Waals surface area (Å²) in [5.41, 5.74) is 6.17. The topological polar surface area (TPSA) is 111 Å². The molecule has 0 aromatic heterocycles. The van der Waals surface area contributed by atoms with Gasteiger partial charge in [0, 0.05) is 24.0 Å². The number of carbonyl (C=O) groups excluding carboxylic acids is 3. The second-order valence-electron chi connectivity index (χ2n) is 5.02. The molecule has 2 amide bonds. The minimum absolute atomic E-state index is 0.0317. The summed E-state index contributed by atoms with van der Waals surface area (Å²) < 4.78 is 17.8. The van der Waals surface area contributed by atoms with Crippen LogP contribution in [0.15, 0.2) is 42.5 Å². The van der Waals surface area contributed by atoms with E-state index in [9.17, 15) is 18.8 Å². The Morgan fingerprint density at radius 2 is 1.92 bits per heavy atom. The first kappa shape index (κ1) is 17.9. The summed E-state index contributed by atoms with van der Waals surface area (Å²) in [7, 11) is 1.49. The van der Waals surface area contributed by atoms with Crippen LogP contribution in [0.2, 0.25) is 0 Å². The molecule has 0 saturated carbocycles. The van der Waals surface area contributed by atoms with Gasteiger partial charge in [-0.15, -0.1) is 0 Å². The summed E-state index contributed by atoms with van der Waals surface area (Å²) in [6.45, 7) is -0.556. The fourth-order valence-electron chi connectivity index (χ4n) is 2.01. The van der Waals surface area contributed by atoms with Crippen molar-refractivity contribution in [3.63, 3.8) is 0 Å². The van der Waals surface area contributed by atoms with Crippen molar-refractivity contribution in [2.24, 2.45) is 0 Å². The number of carbonyl (C=O) groups is 3. The van der Waals surface area contributed by atoms with Crippen molar-refractivity contribution in [3.8, 4) is 0 Å². The van der Waals surface area contributed by atoms with Crippen molar-refractivity contribution >= 4 is 29.2 Å². The maximum Gasteiger partial charge on any atom is 0.340 e. The van der Waals surface area contributed by atoms with E-state index in [4.69, 9.17) is 10.5 Å². The largest absolute Gasteiger partial charge is 0.452 e. The fraction of sp³-hybridized carbons (Fsp3) is 0.118. The number of amides is 2. The second kappa shape index (κ2) is 7.91. The number of anilines is 2. The highest BCUT2D eigenvalue weighted by Crippen LogP contribution is 2.15. The van der Waals surface area contributed by atoms with Gasteiger partial charge in [-0.1, -0.05) is 6.07 Å². The summed E-state index contributed by atoms with van der Waals surface area (Å²) in [5, 5.41) is 4.97. The van der Waals surface area contributed by atoms with Crippen LogP contribution in [0.1, 0.15) is 20.7 Å². The van der Waals surface area contributed by atoms with Crippen LogP contribution in [0, 0.1) is 5.82 Å². The first-order valence-corrected chi connectivity index (χ1v) is 7.25. The first-order valence-electron chi connectivity index (χ1n) is 7.25. The van der Waals surface area contributed by atoms with E-state index in [2.05, 4.69) is 10.6 Å². The van der Waals surface area contributed by atoms with Crippen LogP contribution in [0.5, 0.6) is 0 Å². The van der Waals surface area contributed by atoms with Crippen molar-refractivity contribution in [2.75, 3.05) is 24.7 Å². The third kappa shape index (κ3) is 4.77. The lowest BCUT2D eigenvalue weighted by atomic mass is 10.2. The van der Waals surface area contributed by atoms with Crippen molar-refractivity contribution < 1.29 is 23.5 Å². The second-order valence-corrected chi connectivity index (χ2v) is 5.02. The number of hydrogen-bond donors (Lipinski definition) is 3. The van der Waals surface area contributed by atoms with Crippen LogP contribution in [0.3, 0.4) is 0 Å². The predicted molar refractivity (Wildman–Crippen MR) is 89.6 cm³/mol. The number of hydrogen-bond acceptors (Lipinski definition) is 5. The number of halogens is 1. The van der Waals surface area contributed by atoms with E-state index < -0.39 is 24.3 Å². The summed E-state index contributed by atoms with van der Waals surface area (Å²) in [6.07, 6.45) is 0. The lowest BCUT2D eigenvalue weighted by molar-refractivity contribution is -0.119. The Hall–Kier alpha value is -3.42. The van der Waals surface area contributed by atoms with E-state index in [0.717, 1.165) is 12.1 Å². The maximum atomic E-state index is 13.0. The van der Waals surface area contributed by atoms with Gasteiger partial charge in [0.05, 0.1) is 5.56 Å². The summed E-state index contributed by atoms with van der Waals surface area (Å²) in [5.74, 6) is -2.31. The Morgan fingerprint density at radius 3 is 2.60 bits per heavy atom. The molecule has 2 aromatic carbocycles. The minimum atomic E-state index is -0.841. The normalized spacial score (nSPS) is 10.0. The van der Waals surface area contributed by atoms with Crippen LogP contribution in [0.4, 0.5) is 15.8 Å². The third-order valence-corrected chi connectivity index (χ3v) is 3.20. The van der Waals surface area contributed by atoms with E-state index in [1.54, 1.807) is 18.2 Å². The van der Waals surface area contributed by atoms with Gasteiger partial charge in [0.1, 0.15) is 5.82 Å². The maximum absolute atomic E-state index is 13.0. The summed E-state index contributed by atoms with van der Waals surface area (Å²) in [6, 6.07) is 9.49. The Bertz CT molecular complexity index is 823. The molecule has 0 aliphatic heterocycles. The molecular formula is C17H16FN3O4. The zero-order valence-electron chi connectivity index (χ0n) is 13.3. The molecule has 0 spiro atoms. The average Bonchev–Trinajstić information content (AvgIpc) is 2.59. The molecule has 0 saturated heterocycles.